The van der Waals surface area contributed by atoms with Gasteiger partial charge in [-0.05, 0) is 69.2 Å². The third-order valence-corrected chi connectivity index (χ3v) is 7.21. The molecule has 12 heteroatoms. The lowest BCUT2D eigenvalue weighted by Crippen LogP contribution is -2.43. The quantitative estimate of drug-likeness (QED) is 0.414. The highest BCUT2D eigenvalue weighted by Crippen LogP contribution is 2.33. The van der Waals surface area contributed by atoms with Crippen molar-refractivity contribution >= 4 is 29.1 Å². The van der Waals surface area contributed by atoms with Gasteiger partial charge in [0.1, 0.15) is 35.2 Å². The maximum absolute atomic E-state index is 12.9. The molecule has 2 atom stereocenters. The minimum absolute atomic E-state index is 0.0128. The van der Waals surface area contributed by atoms with Crippen molar-refractivity contribution in [3.8, 4) is 5.75 Å². The molecule has 0 saturated heterocycles. The molecule has 0 radical (unpaired) electrons. The van der Waals surface area contributed by atoms with Crippen molar-refractivity contribution in [2.24, 2.45) is 11.1 Å². The first-order valence-corrected chi connectivity index (χ1v) is 13.2. The van der Waals surface area contributed by atoms with Gasteiger partial charge in [-0.15, -0.1) is 0 Å². The van der Waals surface area contributed by atoms with Gasteiger partial charge in [-0.3, -0.25) is 14.4 Å². The molecule has 3 heterocycles. The summed E-state index contributed by atoms with van der Waals surface area (Å²) in [7, 11) is 0. The van der Waals surface area contributed by atoms with Crippen molar-refractivity contribution in [1.29, 1.82) is 0 Å². The highest BCUT2D eigenvalue weighted by molar-refractivity contribution is 6.02. The fraction of sp³-hybridized carbons (Fsp3) is 0.481. The van der Waals surface area contributed by atoms with Gasteiger partial charge >= 0.3 is 0 Å². The van der Waals surface area contributed by atoms with Gasteiger partial charge in [0, 0.05) is 19.0 Å². The first kappa shape index (κ1) is 26.5. The highest BCUT2D eigenvalue weighted by atomic mass is 16.6. The van der Waals surface area contributed by atoms with Crippen LogP contribution in [0.25, 0.3) is 0 Å². The van der Waals surface area contributed by atoms with Crippen molar-refractivity contribution in [1.82, 2.24) is 20.6 Å². The number of fused-ring (bicyclic) bond motifs is 1. The predicted octanol–water partition coefficient (Wildman–Crippen LogP) is 1.59. The van der Waals surface area contributed by atoms with Crippen molar-refractivity contribution < 1.29 is 29.1 Å². The molecule has 1 saturated carbocycles. The van der Waals surface area contributed by atoms with Gasteiger partial charge in [-0.1, -0.05) is 11.2 Å². The molecule has 4 N–H and O–H groups in total. The van der Waals surface area contributed by atoms with E-state index >= 15 is 0 Å². The first-order valence-electron chi connectivity index (χ1n) is 13.2. The lowest BCUT2D eigenvalue weighted by Gasteiger charge is -2.31. The van der Waals surface area contributed by atoms with Gasteiger partial charge in [0.25, 0.3) is 11.8 Å². The number of nitrogens with zero attached hydrogens (tertiary/aromatic N) is 3. The minimum atomic E-state index is -1.01. The van der Waals surface area contributed by atoms with E-state index < -0.39 is 6.10 Å². The third-order valence-electron chi connectivity index (χ3n) is 7.21. The van der Waals surface area contributed by atoms with Gasteiger partial charge in [-0.25, -0.2) is 9.97 Å². The third kappa shape index (κ3) is 6.33. The molecule has 3 aliphatic rings. The molecule has 1 aliphatic carbocycles. The normalized spacial score (nSPS) is 22.9. The summed E-state index contributed by atoms with van der Waals surface area (Å²) in [4.78, 5) is 50.8. The van der Waals surface area contributed by atoms with Crippen molar-refractivity contribution in [2.45, 2.75) is 70.7 Å². The van der Waals surface area contributed by atoms with E-state index in [-0.39, 0.29) is 48.7 Å². The van der Waals surface area contributed by atoms with Crippen LogP contribution in [0.4, 0.5) is 5.69 Å². The number of benzene rings is 1. The van der Waals surface area contributed by atoms with Gasteiger partial charge in [0.2, 0.25) is 5.91 Å². The molecule has 206 valence electrons. The number of aromatic nitrogens is 2. The second-order valence-corrected chi connectivity index (χ2v) is 10.2. The molecule has 0 spiro atoms. The number of amides is 3. The summed E-state index contributed by atoms with van der Waals surface area (Å²) in [5, 5.41) is 22.2. The number of aryl methyl sites for hydroxylation is 1. The Hall–Kier alpha value is -4.06. The van der Waals surface area contributed by atoms with Crippen LogP contribution < -0.4 is 20.7 Å². The van der Waals surface area contributed by atoms with Gasteiger partial charge in [-0.2, -0.15) is 0 Å². The summed E-state index contributed by atoms with van der Waals surface area (Å²) >= 11 is 0. The topological polar surface area (TPSA) is 164 Å². The van der Waals surface area contributed by atoms with Crippen LogP contribution in [0, 0.1) is 12.8 Å². The number of anilines is 1. The molecule has 1 fully saturated rings. The van der Waals surface area contributed by atoms with Crippen LogP contribution in [-0.2, 0) is 21.0 Å². The number of oxime groups is 1. The Balaban J connectivity index is 1.16. The Labute approximate surface area is 225 Å². The zero-order valence-corrected chi connectivity index (χ0v) is 21.9. The average molecular weight is 537 g/mol. The minimum Gasteiger partial charge on any atom is -0.482 e. The van der Waals surface area contributed by atoms with Crippen LogP contribution >= 0.6 is 0 Å². The van der Waals surface area contributed by atoms with Gasteiger partial charge in [0.05, 0.1) is 11.4 Å². The lowest BCUT2D eigenvalue weighted by molar-refractivity contribution is -0.129. The Morgan fingerprint density at radius 1 is 1.18 bits per heavy atom. The Bertz CT molecular complexity index is 1300. The molecule has 5 rings (SSSR count). The predicted molar refractivity (Wildman–Crippen MR) is 140 cm³/mol. The number of rotatable bonds is 7. The maximum atomic E-state index is 12.9. The number of carbonyl (C=O) groups is 3. The lowest BCUT2D eigenvalue weighted by atomic mass is 9.81. The molecule has 2 aromatic rings. The van der Waals surface area contributed by atoms with Crippen LogP contribution in [-0.4, -0.2) is 63.4 Å². The standard InChI is InChI=1S/C27H32N6O6/c1-14(34)26(36)31-18-6-4-17(5-7-18)24-11-20(33-39-24)19-10-22(30-15(2)29-19)27(37)28-12-16-3-8-23-21(9-16)32-25(35)13-38-23/h3,8-10,14,17-18,24,34H,4-7,11-13H2,1-2H3,(H,28,37)(H,31,36)(H,32,35)/t14-,17?,18?,24-/m0/s1. The largest absolute Gasteiger partial charge is 0.482 e. The molecule has 12 nitrogen and oxygen atoms in total. The molecular weight excluding hydrogens is 504 g/mol. The van der Waals surface area contributed by atoms with E-state index in [1.54, 1.807) is 25.1 Å². The van der Waals surface area contributed by atoms with Crippen LogP contribution in [0.5, 0.6) is 5.75 Å². The zero-order valence-electron chi connectivity index (χ0n) is 21.9. The number of aliphatic hydroxyl groups is 1. The molecular formula is C27H32N6O6. The summed E-state index contributed by atoms with van der Waals surface area (Å²) in [5.41, 5.74) is 2.84. The first-order chi connectivity index (χ1) is 18.7. The Morgan fingerprint density at radius 2 is 1.97 bits per heavy atom. The van der Waals surface area contributed by atoms with Crippen molar-refractivity contribution in [2.75, 3.05) is 11.9 Å². The van der Waals surface area contributed by atoms with Crippen LogP contribution in [0.2, 0.25) is 0 Å². The van der Waals surface area contributed by atoms with E-state index in [9.17, 15) is 19.5 Å². The second-order valence-electron chi connectivity index (χ2n) is 10.2. The van der Waals surface area contributed by atoms with Gasteiger partial charge < -0.3 is 30.6 Å². The van der Waals surface area contributed by atoms with E-state index in [0.717, 1.165) is 31.2 Å². The maximum Gasteiger partial charge on any atom is 0.270 e. The summed E-state index contributed by atoms with van der Waals surface area (Å²) in [6, 6.07) is 7.03. The van der Waals surface area contributed by atoms with E-state index in [4.69, 9.17) is 9.57 Å². The average Bonchev–Trinajstić information content (AvgIpc) is 3.42. The van der Waals surface area contributed by atoms with E-state index in [2.05, 4.69) is 31.1 Å². The number of hydrogen-bond acceptors (Lipinski definition) is 9. The summed E-state index contributed by atoms with van der Waals surface area (Å²) < 4.78 is 5.37. The Kier molecular flexibility index (Phi) is 7.73. The summed E-state index contributed by atoms with van der Waals surface area (Å²) in [6.07, 6.45) is 2.88. The number of ether oxygens (including phenoxy) is 1. The number of hydrogen-bond donors (Lipinski definition) is 4. The summed E-state index contributed by atoms with van der Waals surface area (Å²) in [5.74, 6) is 0.423. The SMILES string of the molecule is Cc1nc(C(=O)NCc2ccc3c(c2)NC(=O)CO3)cc(C2=NO[C@H](C3CCC(NC(=O)[C@H](C)O)CC3)C2)n1. The van der Waals surface area contributed by atoms with Crippen LogP contribution in [0.1, 0.15) is 66.6 Å². The number of carbonyl (C=O) groups excluding carboxylic acids is 3. The fourth-order valence-corrected chi connectivity index (χ4v) is 5.10. The number of nitrogens with one attached hydrogen (secondary N) is 3. The fourth-order valence-electron chi connectivity index (χ4n) is 5.10. The molecule has 3 amide bonds. The Morgan fingerprint density at radius 3 is 2.74 bits per heavy atom. The molecule has 1 aromatic carbocycles. The summed E-state index contributed by atoms with van der Waals surface area (Å²) in [6.45, 7) is 3.42. The molecule has 39 heavy (non-hydrogen) atoms. The van der Waals surface area contributed by atoms with E-state index in [1.165, 1.54) is 6.92 Å². The van der Waals surface area contributed by atoms with Crippen LogP contribution in [0.15, 0.2) is 29.4 Å². The van der Waals surface area contributed by atoms with Crippen LogP contribution in [0.3, 0.4) is 0 Å². The molecule has 1 aromatic heterocycles. The van der Waals surface area contributed by atoms with E-state index in [1.807, 2.05) is 6.07 Å². The molecule has 0 unspecified atom stereocenters. The smallest absolute Gasteiger partial charge is 0.270 e. The van der Waals surface area contributed by atoms with E-state index in [0.29, 0.717) is 41.0 Å². The second kappa shape index (κ2) is 11.4. The van der Waals surface area contributed by atoms with Crippen molar-refractivity contribution in [3.63, 3.8) is 0 Å². The highest BCUT2D eigenvalue weighted by Gasteiger charge is 2.34. The zero-order chi connectivity index (χ0) is 27.5. The van der Waals surface area contributed by atoms with Gasteiger partial charge in [0.15, 0.2) is 6.61 Å². The number of aliphatic hydroxyl groups excluding tert-OH is 1. The molecule has 2 aliphatic heterocycles. The monoisotopic (exact) mass is 536 g/mol. The van der Waals surface area contributed by atoms with Crippen molar-refractivity contribution in [3.05, 3.63) is 47.0 Å². The molecule has 0 bridgehead atoms.